The van der Waals surface area contributed by atoms with Crippen molar-refractivity contribution in [3.05, 3.63) is 71.8 Å². The molecule has 0 unspecified atom stereocenters. The molecule has 3 heteroatoms. The highest BCUT2D eigenvalue weighted by molar-refractivity contribution is 6.01. The van der Waals surface area contributed by atoms with Crippen molar-refractivity contribution in [1.29, 1.82) is 5.26 Å². The number of methoxy groups -OCH3 is 1. The first kappa shape index (κ1) is 14.7. The van der Waals surface area contributed by atoms with E-state index in [0.717, 1.165) is 21.9 Å². The third-order valence-corrected chi connectivity index (χ3v) is 3.71. The van der Waals surface area contributed by atoms with E-state index >= 15 is 0 Å². The second-order valence-electron chi connectivity index (χ2n) is 5.13. The molecule has 3 aromatic rings. The van der Waals surface area contributed by atoms with E-state index in [0.29, 0.717) is 11.3 Å². The lowest BCUT2D eigenvalue weighted by Gasteiger charge is -2.07. The van der Waals surface area contributed by atoms with Crippen molar-refractivity contribution in [2.75, 3.05) is 7.11 Å². The Labute approximate surface area is 134 Å². The summed E-state index contributed by atoms with van der Waals surface area (Å²) >= 11 is 0. The molecule has 3 aromatic carbocycles. The maximum absolute atomic E-state index is 9.88. The fourth-order valence-electron chi connectivity index (χ4n) is 2.59. The zero-order valence-corrected chi connectivity index (χ0v) is 12.7. The number of ether oxygens (including phenoxy) is 1. The number of nitrogens with zero attached hydrogens (tertiary/aromatic N) is 1. The second kappa shape index (κ2) is 6.25. The van der Waals surface area contributed by atoms with Crippen LogP contribution >= 0.6 is 0 Å². The molecular weight excluding hydrogens is 286 g/mol. The van der Waals surface area contributed by atoms with Gasteiger partial charge in [-0.25, -0.2) is 0 Å². The van der Waals surface area contributed by atoms with Gasteiger partial charge in [0, 0.05) is 5.56 Å². The minimum Gasteiger partial charge on any atom is -0.504 e. The summed E-state index contributed by atoms with van der Waals surface area (Å²) in [7, 11) is 1.50. The van der Waals surface area contributed by atoms with Crippen molar-refractivity contribution < 1.29 is 9.84 Å². The van der Waals surface area contributed by atoms with Crippen LogP contribution in [0.1, 0.15) is 11.1 Å². The van der Waals surface area contributed by atoms with E-state index in [2.05, 4.69) is 6.07 Å². The molecule has 0 aromatic heterocycles. The largest absolute Gasteiger partial charge is 0.504 e. The summed E-state index contributed by atoms with van der Waals surface area (Å²) in [5.41, 5.74) is 2.17. The van der Waals surface area contributed by atoms with Gasteiger partial charge in [-0.05, 0) is 34.5 Å². The van der Waals surface area contributed by atoms with Gasteiger partial charge in [-0.2, -0.15) is 5.26 Å². The maximum Gasteiger partial charge on any atom is 0.160 e. The van der Waals surface area contributed by atoms with Crippen LogP contribution < -0.4 is 4.74 Å². The van der Waals surface area contributed by atoms with Crippen LogP contribution in [0.2, 0.25) is 0 Å². The number of phenols is 1. The molecule has 0 spiro atoms. The molecule has 0 saturated carbocycles. The molecule has 0 saturated heterocycles. The van der Waals surface area contributed by atoms with Gasteiger partial charge in [0.2, 0.25) is 0 Å². The predicted molar refractivity (Wildman–Crippen MR) is 92.1 cm³/mol. The Morgan fingerprint density at radius 2 is 1.87 bits per heavy atom. The summed E-state index contributed by atoms with van der Waals surface area (Å²) in [6, 6.07) is 21.2. The first-order valence-electron chi connectivity index (χ1n) is 7.20. The van der Waals surface area contributed by atoms with Crippen LogP contribution in [-0.4, -0.2) is 12.2 Å². The normalized spacial score (nSPS) is 11.2. The van der Waals surface area contributed by atoms with Crippen LogP contribution in [0.5, 0.6) is 11.5 Å². The van der Waals surface area contributed by atoms with Gasteiger partial charge in [0.25, 0.3) is 0 Å². The molecule has 23 heavy (non-hydrogen) atoms. The van der Waals surface area contributed by atoms with E-state index in [4.69, 9.17) is 4.74 Å². The van der Waals surface area contributed by atoms with Crippen LogP contribution in [0, 0.1) is 11.3 Å². The Hall–Kier alpha value is -3.25. The quantitative estimate of drug-likeness (QED) is 0.567. The number of rotatable bonds is 3. The van der Waals surface area contributed by atoms with Gasteiger partial charge in [0.1, 0.15) is 0 Å². The topological polar surface area (TPSA) is 53.2 Å². The average Bonchev–Trinajstić information content (AvgIpc) is 2.59. The summed E-state index contributed by atoms with van der Waals surface area (Å²) < 4.78 is 5.04. The van der Waals surface area contributed by atoms with Gasteiger partial charge < -0.3 is 9.84 Å². The summed E-state index contributed by atoms with van der Waals surface area (Å²) in [5.74, 6) is 0.460. The number of allylic oxidation sites excluding steroid dienone is 1. The van der Waals surface area contributed by atoms with Crippen molar-refractivity contribution in [3.8, 4) is 17.6 Å². The smallest absolute Gasteiger partial charge is 0.160 e. The number of phenolic OH excluding ortho intramolecular Hbond substituents is 1. The fraction of sp³-hybridized carbons (Fsp3) is 0.0500. The molecule has 0 heterocycles. The monoisotopic (exact) mass is 301 g/mol. The number of aromatic hydroxyl groups is 1. The minimum atomic E-state index is 0.0523. The third kappa shape index (κ3) is 2.88. The Morgan fingerprint density at radius 3 is 2.61 bits per heavy atom. The lowest BCUT2D eigenvalue weighted by Crippen LogP contribution is -1.86. The van der Waals surface area contributed by atoms with Crippen molar-refractivity contribution in [2.24, 2.45) is 0 Å². The molecule has 112 valence electrons. The highest BCUT2D eigenvalue weighted by Crippen LogP contribution is 2.30. The van der Waals surface area contributed by atoms with Crippen molar-refractivity contribution in [1.82, 2.24) is 0 Å². The first-order chi connectivity index (χ1) is 11.2. The van der Waals surface area contributed by atoms with Crippen molar-refractivity contribution >= 4 is 22.4 Å². The van der Waals surface area contributed by atoms with Crippen LogP contribution in [0.15, 0.2) is 60.7 Å². The Morgan fingerprint density at radius 1 is 1.09 bits per heavy atom. The van der Waals surface area contributed by atoms with Crippen LogP contribution in [0.4, 0.5) is 0 Å². The van der Waals surface area contributed by atoms with Crippen molar-refractivity contribution in [3.63, 3.8) is 0 Å². The lowest BCUT2D eigenvalue weighted by molar-refractivity contribution is 0.373. The molecule has 1 N–H and O–H groups in total. The number of hydrogen-bond acceptors (Lipinski definition) is 3. The predicted octanol–water partition coefficient (Wildman–Crippen LogP) is 4.62. The summed E-state index contributed by atoms with van der Waals surface area (Å²) in [6.45, 7) is 0. The highest BCUT2D eigenvalue weighted by atomic mass is 16.5. The van der Waals surface area contributed by atoms with E-state index in [-0.39, 0.29) is 5.75 Å². The maximum atomic E-state index is 9.88. The molecule has 0 amide bonds. The van der Waals surface area contributed by atoms with Gasteiger partial charge in [-0.3, -0.25) is 0 Å². The van der Waals surface area contributed by atoms with Gasteiger partial charge in [-0.15, -0.1) is 0 Å². The number of fused-ring (bicyclic) bond motifs is 1. The molecule has 0 aliphatic rings. The van der Waals surface area contributed by atoms with E-state index in [1.54, 1.807) is 24.3 Å². The van der Waals surface area contributed by atoms with Crippen molar-refractivity contribution in [2.45, 2.75) is 0 Å². The number of nitriles is 1. The molecule has 0 atom stereocenters. The van der Waals surface area contributed by atoms with E-state index in [1.165, 1.54) is 7.11 Å². The zero-order valence-electron chi connectivity index (χ0n) is 12.7. The summed E-state index contributed by atoms with van der Waals surface area (Å²) in [6.07, 6.45) is 1.76. The van der Waals surface area contributed by atoms with Gasteiger partial charge in [0.05, 0.1) is 18.8 Å². The Balaban J connectivity index is 2.12. The fourth-order valence-corrected chi connectivity index (χ4v) is 2.59. The van der Waals surface area contributed by atoms with Gasteiger partial charge in [-0.1, -0.05) is 48.5 Å². The third-order valence-electron chi connectivity index (χ3n) is 3.71. The van der Waals surface area contributed by atoms with Gasteiger partial charge >= 0.3 is 0 Å². The standard InChI is InChI=1S/C20H15NO2/c1-23-20-10-9-14(12-19(20)22)11-16(13-21)18-8-4-6-15-5-2-3-7-17(15)18/h2-12,22H,1H3/b16-11-. The first-order valence-corrected chi connectivity index (χ1v) is 7.20. The molecular formula is C20H15NO2. The number of benzene rings is 3. The van der Waals surface area contributed by atoms with Crippen LogP contribution in [0.3, 0.4) is 0 Å². The SMILES string of the molecule is COc1ccc(/C=C(/C#N)c2cccc3ccccc23)cc1O. The van der Waals surface area contributed by atoms with E-state index in [1.807, 2.05) is 42.5 Å². The summed E-state index contributed by atoms with van der Waals surface area (Å²) in [5, 5.41) is 21.6. The molecule has 0 aliphatic heterocycles. The molecule has 0 bridgehead atoms. The molecule has 0 radical (unpaired) electrons. The lowest BCUT2D eigenvalue weighted by atomic mass is 9.97. The zero-order chi connectivity index (χ0) is 16.2. The molecule has 3 nitrogen and oxygen atoms in total. The molecule has 0 aliphatic carbocycles. The average molecular weight is 301 g/mol. The van der Waals surface area contributed by atoms with E-state index < -0.39 is 0 Å². The van der Waals surface area contributed by atoms with Crippen LogP contribution in [-0.2, 0) is 0 Å². The highest BCUT2D eigenvalue weighted by Gasteiger charge is 2.07. The Kier molecular flexibility index (Phi) is 3.99. The van der Waals surface area contributed by atoms with E-state index in [9.17, 15) is 10.4 Å². The molecule has 0 fully saturated rings. The summed E-state index contributed by atoms with van der Waals surface area (Å²) in [4.78, 5) is 0. The number of hydrogen-bond donors (Lipinski definition) is 1. The van der Waals surface area contributed by atoms with Gasteiger partial charge in [0.15, 0.2) is 11.5 Å². The molecule has 3 rings (SSSR count). The van der Waals surface area contributed by atoms with Crippen LogP contribution in [0.25, 0.3) is 22.4 Å². The minimum absolute atomic E-state index is 0.0523. The second-order valence-corrected chi connectivity index (χ2v) is 5.13. The Bertz CT molecular complexity index is 931.